The average Bonchev–Trinajstić information content (AvgIpc) is 3.25. The van der Waals surface area contributed by atoms with E-state index in [4.69, 9.17) is 38.3 Å². The molecule has 4 saturated carbocycles. The fourth-order valence-corrected chi connectivity index (χ4v) is 8.78. The van der Waals surface area contributed by atoms with Crippen LogP contribution in [0.2, 0.25) is 0 Å². The zero-order chi connectivity index (χ0) is 31.8. The minimum absolute atomic E-state index is 0.0694. The quantitative estimate of drug-likeness (QED) is 0.176. The Morgan fingerprint density at radius 2 is 1.17 bits per heavy atom. The van der Waals surface area contributed by atoms with Crippen LogP contribution in [0.1, 0.15) is 117 Å². The van der Waals surface area contributed by atoms with Crippen molar-refractivity contribution < 1.29 is 29.7 Å². The summed E-state index contributed by atoms with van der Waals surface area (Å²) in [6.45, 7) is 6.99. The first-order chi connectivity index (χ1) is 19.9. The molecule has 10 heteroatoms. The molecule has 0 aliphatic heterocycles. The molecule has 0 aromatic heterocycles. The summed E-state index contributed by atoms with van der Waals surface area (Å²) in [5.41, 5.74) is 21.7. The van der Waals surface area contributed by atoms with Crippen LogP contribution in [0.5, 0.6) is 0 Å². The minimum atomic E-state index is -0.836. The molecule has 246 valence electrons. The Morgan fingerprint density at radius 3 is 1.64 bits per heavy atom. The highest BCUT2D eigenvalue weighted by Crippen LogP contribution is 2.67. The molecule has 11 N–H and O–H groups in total. The maximum Gasteiger partial charge on any atom is 0.304 e. The Labute approximate surface area is 253 Å². The van der Waals surface area contributed by atoms with Crippen molar-refractivity contribution in [2.45, 2.75) is 117 Å². The van der Waals surface area contributed by atoms with Crippen molar-refractivity contribution in [3.8, 4) is 0 Å². The van der Waals surface area contributed by atoms with Crippen molar-refractivity contribution in [3.63, 3.8) is 0 Å². The fourth-order valence-electron chi connectivity index (χ4n) is 8.78. The smallest absolute Gasteiger partial charge is 0.304 e. The predicted octanol–water partition coefficient (Wildman–Crippen LogP) is 4.42. The first kappa shape index (κ1) is 38.3. The highest BCUT2D eigenvalue weighted by molar-refractivity contribution is 5.67. The maximum atomic E-state index is 9.52. The van der Waals surface area contributed by atoms with E-state index in [2.05, 4.69) is 13.8 Å². The van der Waals surface area contributed by atoms with Crippen LogP contribution in [-0.4, -0.2) is 59.4 Å². The van der Waals surface area contributed by atoms with Gasteiger partial charge >= 0.3 is 17.9 Å². The lowest BCUT2D eigenvalue weighted by Gasteiger charge is -2.60. The molecule has 4 aliphatic rings. The molecule has 7 atom stereocenters. The topological polar surface area (TPSA) is 216 Å². The second-order valence-corrected chi connectivity index (χ2v) is 13.3. The van der Waals surface area contributed by atoms with Gasteiger partial charge in [0, 0.05) is 19.6 Å². The van der Waals surface area contributed by atoms with Crippen LogP contribution >= 0.6 is 0 Å². The highest BCUT2D eigenvalue weighted by atomic mass is 16.4. The number of carbonyl (C=O) groups is 3. The van der Waals surface area contributed by atoms with Crippen molar-refractivity contribution in [2.24, 2.45) is 63.4 Å². The van der Waals surface area contributed by atoms with Crippen LogP contribution in [0.4, 0.5) is 0 Å². The number of nitrogens with two attached hydrogens (primary N) is 4. The molecule has 0 aromatic rings. The van der Waals surface area contributed by atoms with Gasteiger partial charge in [0.2, 0.25) is 0 Å². The summed E-state index contributed by atoms with van der Waals surface area (Å²) in [6.07, 6.45) is 19.7. The van der Waals surface area contributed by atoms with Gasteiger partial charge in [0.25, 0.3) is 0 Å². The van der Waals surface area contributed by atoms with Crippen LogP contribution in [-0.2, 0) is 14.4 Å². The zero-order valence-electron chi connectivity index (χ0n) is 26.4. The Morgan fingerprint density at radius 1 is 0.619 bits per heavy atom. The second kappa shape index (κ2) is 19.5. The number of hydrogen-bond donors (Lipinski definition) is 7. The number of rotatable bonds is 10. The summed E-state index contributed by atoms with van der Waals surface area (Å²) >= 11 is 0. The summed E-state index contributed by atoms with van der Waals surface area (Å²) in [7, 11) is 0. The SMILES string of the molecule is CC12CCCCC1CCC1C2CCC2(C)C(CCCCN)CCC12.NCCC(=O)O.NCCC(=O)O.NCCC(=O)O. The van der Waals surface area contributed by atoms with Crippen molar-refractivity contribution >= 4 is 17.9 Å². The third-order valence-electron chi connectivity index (χ3n) is 10.9. The van der Waals surface area contributed by atoms with Gasteiger partial charge in [-0.05, 0) is 111 Å². The Balaban J connectivity index is 0.000000402. The van der Waals surface area contributed by atoms with Gasteiger partial charge in [0.1, 0.15) is 0 Å². The van der Waals surface area contributed by atoms with E-state index in [1.165, 1.54) is 44.9 Å². The molecular weight excluding hydrogens is 536 g/mol. The number of fused-ring (bicyclic) bond motifs is 5. The van der Waals surface area contributed by atoms with E-state index in [9.17, 15) is 14.4 Å². The van der Waals surface area contributed by atoms with Gasteiger partial charge in [-0.2, -0.15) is 0 Å². The van der Waals surface area contributed by atoms with Gasteiger partial charge in [-0.3, -0.25) is 14.4 Å². The Hall–Kier alpha value is -1.75. The normalized spacial score (nSPS) is 32.6. The summed E-state index contributed by atoms with van der Waals surface area (Å²) in [4.78, 5) is 28.6. The lowest BCUT2D eigenvalue weighted by Crippen LogP contribution is -2.52. The highest BCUT2D eigenvalue weighted by Gasteiger charge is 2.59. The van der Waals surface area contributed by atoms with Gasteiger partial charge in [0.15, 0.2) is 0 Å². The van der Waals surface area contributed by atoms with E-state index >= 15 is 0 Å². The molecule has 4 rings (SSSR count). The molecule has 7 unspecified atom stereocenters. The number of unbranched alkanes of at least 4 members (excludes halogenated alkanes) is 1. The van der Waals surface area contributed by atoms with E-state index in [0.29, 0.717) is 10.8 Å². The van der Waals surface area contributed by atoms with Gasteiger partial charge < -0.3 is 38.3 Å². The summed E-state index contributed by atoms with van der Waals surface area (Å²) < 4.78 is 0. The lowest BCUT2D eigenvalue weighted by molar-refractivity contribution is -0.137. The third-order valence-corrected chi connectivity index (χ3v) is 10.9. The van der Waals surface area contributed by atoms with E-state index in [1.54, 1.807) is 38.5 Å². The molecule has 10 nitrogen and oxygen atoms in total. The molecule has 4 fully saturated rings. The molecule has 0 saturated heterocycles. The Kier molecular flexibility index (Phi) is 17.8. The number of carboxylic acid groups (broad SMARTS) is 3. The third kappa shape index (κ3) is 11.4. The summed E-state index contributed by atoms with van der Waals surface area (Å²) in [5.74, 6) is 2.76. The molecule has 0 spiro atoms. The van der Waals surface area contributed by atoms with E-state index in [-0.39, 0.29) is 38.9 Å². The maximum absolute atomic E-state index is 9.52. The van der Waals surface area contributed by atoms with Crippen molar-refractivity contribution in [1.82, 2.24) is 0 Å². The molecular formula is C32H62N4O6. The van der Waals surface area contributed by atoms with Crippen molar-refractivity contribution in [2.75, 3.05) is 26.2 Å². The van der Waals surface area contributed by atoms with Crippen LogP contribution < -0.4 is 22.9 Å². The predicted molar refractivity (Wildman–Crippen MR) is 167 cm³/mol. The van der Waals surface area contributed by atoms with Gasteiger partial charge in [-0.25, -0.2) is 0 Å². The van der Waals surface area contributed by atoms with Gasteiger partial charge in [-0.1, -0.05) is 33.1 Å². The van der Waals surface area contributed by atoms with Crippen LogP contribution in [0.25, 0.3) is 0 Å². The first-order valence-corrected chi connectivity index (χ1v) is 16.4. The number of hydrogen-bond acceptors (Lipinski definition) is 7. The molecule has 0 radical (unpaired) electrons. The van der Waals surface area contributed by atoms with Gasteiger partial charge in [0.05, 0.1) is 19.3 Å². The summed E-state index contributed by atoms with van der Waals surface area (Å²) in [5, 5.41) is 23.5. The first-order valence-electron chi connectivity index (χ1n) is 16.4. The van der Waals surface area contributed by atoms with Crippen LogP contribution in [0, 0.1) is 40.4 Å². The minimum Gasteiger partial charge on any atom is -0.481 e. The molecule has 4 aliphatic carbocycles. The monoisotopic (exact) mass is 598 g/mol. The van der Waals surface area contributed by atoms with Crippen LogP contribution in [0.3, 0.4) is 0 Å². The molecule has 0 heterocycles. The zero-order valence-corrected chi connectivity index (χ0v) is 26.4. The summed E-state index contributed by atoms with van der Waals surface area (Å²) in [6, 6.07) is 0. The largest absolute Gasteiger partial charge is 0.481 e. The molecule has 0 aromatic carbocycles. The van der Waals surface area contributed by atoms with Gasteiger partial charge in [-0.15, -0.1) is 0 Å². The second-order valence-electron chi connectivity index (χ2n) is 13.3. The van der Waals surface area contributed by atoms with E-state index in [0.717, 1.165) is 36.1 Å². The molecule has 42 heavy (non-hydrogen) atoms. The average molecular weight is 599 g/mol. The van der Waals surface area contributed by atoms with Crippen LogP contribution in [0.15, 0.2) is 0 Å². The van der Waals surface area contributed by atoms with Crippen molar-refractivity contribution in [1.29, 1.82) is 0 Å². The molecule has 0 bridgehead atoms. The molecule has 0 amide bonds. The number of aliphatic carboxylic acids is 3. The van der Waals surface area contributed by atoms with E-state index < -0.39 is 17.9 Å². The van der Waals surface area contributed by atoms with Crippen molar-refractivity contribution in [3.05, 3.63) is 0 Å². The standard InChI is InChI=1S/C23H41N.3C3H7NO2/c1-22-14-5-3-7-17(22)9-11-19-20-12-10-18(8-4-6-16-24)23(20,2)15-13-21(19)22;3*4-2-1-3(5)6/h17-21H,3-16,24H2,1-2H3;3*1-2,4H2,(H,5,6). The Bertz CT molecular complexity index is 776. The lowest BCUT2D eigenvalue weighted by atomic mass is 9.45. The fraction of sp³-hybridized carbons (Fsp3) is 0.906. The number of carboxylic acids is 3. The van der Waals surface area contributed by atoms with E-state index in [1.807, 2.05) is 0 Å².